The van der Waals surface area contributed by atoms with E-state index in [4.69, 9.17) is 9.31 Å². The van der Waals surface area contributed by atoms with Crippen LogP contribution in [0.3, 0.4) is 0 Å². The van der Waals surface area contributed by atoms with E-state index in [-0.39, 0.29) is 11.6 Å². The number of carbonyl (C=O) groups is 2. The number of Topliss-reactive ketones (excluding diaryl/α,β-unsaturated/α-hetero) is 2. The normalized spacial score (nSPS) is 10.0. The van der Waals surface area contributed by atoms with Gasteiger partial charge >= 0.3 is 7.69 Å². The third-order valence-electron chi connectivity index (χ3n) is 3.36. The van der Waals surface area contributed by atoms with Crippen LogP contribution in [-0.4, -0.2) is 19.3 Å². The van der Waals surface area contributed by atoms with Crippen LogP contribution in [-0.2, 0) is 0 Å². The van der Waals surface area contributed by atoms with Crippen LogP contribution in [0, 0.1) is 0 Å². The summed E-state index contributed by atoms with van der Waals surface area (Å²) in [7, 11) is 1.22. The molecule has 0 fully saturated rings. The van der Waals surface area contributed by atoms with Crippen molar-refractivity contribution < 1.29 is 18.9 Å². The molecule has 0 aliphatic rings. The number of carbonyl (C=O) groups excluding carboxylic acids is 2. The second-order valence-electron chi connectivity index (χ2n) is 4.93. The van der Waals surface area contributed by atoms with Crippen LogP contribution >= 0.6 is 0 Å². The fourth-order valence-electron chi connectivity index (χ4n) is 1.98. The molecule has 0 unspecified atom stereocenters. The summed E-state index contributed by atoms with van der Waals surface area (Å²) in [6.45, 7) is 3.65. The second kappa shape index (κ2) is 8.18. The Balaban J connectivity index is 1.85. The minimum Gasteiger partial charge on any atom is -0.526 e. The largest absolute Gasteiger partial charge is 0.658 e. The molecule has 0 aliphatic carbocycles. The van der Waals surface area contributed by atoms with Crippen LogP contribution in [0.4, 0.5) is 0 Å². The highest BCUT2D eigenvalue weighted by molar-refractivity contribution is 6.20. The van der Waals surface area contributed by atoms with Gasteiger partial charge in [0.1, 0.15) is 11.5 Å². The molecule has 0 aliphatic heterocycles. The first-order valence-electron chi connectivity index (χ1n) is 7.55. The van der Waals surface area contributed by atoms with Gasteiger partial charge in [-0.3, -0.25) is 9.59 Å². The van der Waals surface area contributed by atoms with Crippen molar-refractivity contribution in [2.45, 2.75) is 26.7 Å². The van der Waals surface area contributed by atoms with Gasteiger partial charge in [0.15, 0.2) is 11.6 Å². The summed E-state index contributed by atoms with van der Waals surface area (Å²) in [6.07, 6.45) is 0.956. The Hall–Kier alpha value is -2.56. The number of benzene rings is 2. The van der Waals surface area contributed by atoms with Crippen LogP contribution in [0.1, 0.15) is 47.4 Å². The first kappa shape index (κ1) is 16.8. The molecule has 0 saturated carbocycles. The SMILES string of the molecule is CCC(=O)c1ccc(O[B]Oc2ccc(C(=O)CC)cc2)cc1. The van der Waals surface area contributed by atoms with Gasteiger partial charge in [0, 0.05) is 24.0 Å². The number of rotatable bonds is 8. The molecule has 0 bridgehead atoms. The molecule has 0 aromatic heterocycles. The molecule has 0 atom stereocenters. The molecule has 0 heterocycles. The summed E-state index contributed by atoms with van der Waals surface area (Å²) in [4.78, 5) is 23.0. The average molecular weight is 309 g/mol. The molecule has 0 saturated heterocycles. The van der Waals surface area contributed by atoms with Crippen LogP contribution in [0.2, 0.25) is 0 Å². The van der Waals surface area contributed by atoms with Gasteiger partial charge < -0.3 is 9.31 Å². The molecule has 2 rings (SSSR count). The van der Waals surface area contributed by atoms with Crippen molar-refractivity contribution in [3.63, 3.8) is 0 Å². The summed E-state index contributed by atoms with van der Waals surface area (Å²) in [5.74, 6) is 1.35. The highest BCUT2D eigenvalue weighted by Gasteiger charge is 2.06. The molecule has 0 N–H and O–H groups in total. The molecule has 5 heteroatoms. The lowest BCUT2D eigenvalue weighted by Gasteiger charge is -2.07. The summed E-state index contributed by atoms with van der Waals surface area (Å²) in [6, 6.07) is 13.7. The predicted octanol–water partition coefficient (Wildman–Crippen LogP) is 3.86. The van der Waals surface area contributed by atoms with E-state index in [1.165, 1.54) is 7.69 Å². The molecule has 4 nitrogen and oxygen atoms in total. The van der Waals surface area contributed by atoms with Crippen molar-refractivity contribution in [3.8, 4) is 11.5 Å². The molecule has 2 aromatic rings. The smallest absolute Gasteiger partial charge is 0.526 e. The Morgan fingerprint density at radius 3 is 1.39 bits per heavy atom. The maximum atomic E-state index is 11.5. The van der Waals surface area contributed by atoms with E-state index in [1.54, 1.807) is 48.5 Å². The molecule has 23 heavy (non-hydrogen) atoms. The Morgan fingerprint density at radius 2 is 1.09 bits per heavy atom. The lowest BCUT2D eigenvalue weighted by Crippen LogP contribution is -2.11. The fraction of sp³-hybridized carbons (Fsp3) is 0.222. The van der Waals surface area contributed by atoms with Gasteiger partial charge in [0.2, 0.25) is 0 Å². The second-order valence-corrected chi connectivity index (χ2v) is 4.93. The lowest BCUT2D eigenvalue weighted by molar-refractivity contribution is 0.0980. The zero-order valence-electron chi connectivity index (χ0n) is 13.2. The van der Waals surface area contributed by atoms with Crippen LogP contribution in [0.5, 0.6) is 11.5 Å². The minimum absolute atomic E-state index is 0.0958. The molecular weight excluding hydrogens is 291 g/mol. The van der Waals surface area contributed by atoms with Gasteiger partial charge in [-0.25, -0.2) is 0 Å². The van der Waals surface area contributed by atoms with E-state index < -0.39 is 0 Å². The summed E-state index contributed by atoms with van der Waals surface area (Å²) in [5.41, 5.74) is 1.33. The quantitative estimate of drug-likeness (QED) is 0.549. The van der Waals surface area contributed by atoms with Crippen molar-refractivity contribution in [2.75, 3.05) is 0 Å². The third kappa shape index (κ3) is 4.71. The Kier molecular flexibility index (Phi) is 5.98. The number of hydrogen-bond acceptors (Lipinski definition) is 4. The standard InChI is InChI=1S/C18H18BO4/c1-3-17(20)13-5-9-15(10-6-13)22-19-23-16-11-7-14(8-12-16)18(21)4-2/h5-12H,3-4H2,1-2H3. The van der Waals surface area contributed by atoms with Crippen molar-refractivity contribution in [1.29, 1.82) is 0 Å². The maximum Gasteiger partial charge on any atom is 0.658 e. The molecule has 1 radical (unpaired) electrons. The monoisotopic (exact) mass is 309 g/mol. The maximum absolute atomic E-state index is 11.5. The van der Waals surface area contributed by atoms with Gasteiger partial charge in [-0.2, -0.15) is 0 Å². The van der Waals surface area contributed by atoms with E-state index in [1.807, 2.05) is 13.8 Å². The predicted molar refractivity (Wildman–Crippen MR) is 89.1 cm³/mol. The summed E-state index contributed by atoms with van der Waals surface area (Å²) >= 11 is 0. The molecule has 0 spiro atoms. The van der Waals surface area contributed by atoms with Crippen molar-refractivity contribution in [3.05, 3.63) is 59.7 Å². The number of hydrogen-bond donors (Lipinski definition) is 0. The average Bonchev–Trinajstić information content (AvgIpc) is 2.61. The van der Waals surface area contributed by atoms with Crippen molar-refractivity contribution >= 4 is 19.3 Å². The van der Waals surface area contributed by atoms with Gasteiger partial charge in [0.25, 0.3) is 0 Å². The van der Waals surface area contributed by atoms with Gasteiger partial charge in [-0.1, -0.05) is 13.8 Å². The van der Waals surface area contributed by atoms with E-state index in [2.05, 4.69) is 0 Å². The van der Waals surface area contributed by atoms with Gasteiger partial charge in [0.05, 0.1) is 0 Å². The topological polar surface area (TPSA) is 52.6 Å². The van der Waals surface area contributed by atoms with E-state index in [9.17, 15) is 9.59 Å². The summed E-state index contributed by atoms with van der Waals surface area (Å²) < 4.78 is 10.7. The lowest BCUT2D eigenvalue weighted by atomic mass is 10.1. The molecular formula is C18H18BO4. The molecule has 117 valence electrons. The van der Waals surface area contributed by atoms with Crippen LogP contribution in [0.25, 0.3) is 0 Å². The molecule has 0 amide bonds. The van der Waals surface area contributed by atoms with Gasteiger partial charge in [-0.15, -0.1) is 0 Å². The van der Waals surface area contributed by atoms with Crippen LogP contribution in [0.15, 0.2) is 48.5 Å². The molecule has 2 aromatic carbocycles. The highest BCUT2D eigenvalue weighted by Crippen LogP contribution is 2.15. The summed E-state index contributed by atoms with van der Waals surface area (Å²) in [5, 5.41) is 0. The number of ketones is 2. The first-order valence-corrected chi connectivity index (χ1v) is 7.55. The van der Waals surface area contributed by atoms with Crippen LogP contribution < -0.4 is 9.31 Å². The van der Waals surface area contributed by atoms with Gasteiger partial charge in [-0.05, 0) is 48.5 Å². The minimum atomic E-state index is 0.0958. The third-order valence-corrected chi connectivity index (χ3v) is 3.36. The zero-order chi connectivity index (χ0) is 16.7. The first-order chi connectivity index (χ1) is 11.1. The van der Waals surface area contributed by atoms with Crippen molar-refractivity contribution in [2.24, 2.45) is 0 Å². The zero-order valence-corrected chi connectivity index (χ0v) is 13.2. The van der Waals surface area contributed by atoms with E-state index in [0.29, 0.717) is 35.5 Å². The Bertz CT molecular complexity index is 603. The van der Waals surface area contributed by atoms with E-state index in [0.717, 1.165) is 0 Å². The van der Waals surface area contributed by atoms with E-state index >= 15 is 0 Å². The Morgan fingerprint density at radius 1 is 0.739 bits per heavy atom. The Labute approximate surface area is 136 Å². The van der Waals surface area contributed by atoms with Crippen molar-refractivity contribution in [1.82, 2.24) is 0 Å². The fourth-order valence-corrected chi connectivity index (χ4v) is 1.98. The highest BCUT2D eigenvalue weighted by atomic mass is 16.6.